The molecule has 0 radical (unpaired) electrons. The van der Waals surface area contributed by atoms with E-state index in [4.69, 9.17) is 4.74 Å². The van der Waals surface area contributed by atoms with E-state index in [0.717, 1.165) is 19.7 Å². The minimum absolute atomic E-state index is 0. The first-order valence-electron chi connectivity index (χ1n) is 3.32. The van der Waals surface area contributed by atoms with Gasteiger partial charge in [0.15, 0.2) is 0 Å². The Hall–Kier alpha value is 1.38. The molecule has 62 valence electrons. The summed E-state index contributed by atoms with van der Waals surface area (Å²) < 4.78 is 6.65. The first kappa shape index (κ1) is 11.4. The predicted octanol–water partition coefficient (Wildman–Crippen LogP) is 1.42. The van der Waals surface area contributed by atoms with Crippen molar-refractivity contribution in [2.45, 2.75) is 12.5 Å². The third kappa shape index (κ3) is 4.30. The zero-order valence-electron chi connectivity index (χ0n) is 5.81. The highest BCUT2D eigenvalue weighted by molar-refractivity contribution is 14.1. The van der Waals surface area contributed by atoms with Crippen LogP contribution in [0.15, 0.2) is 0 Å². The molecule has 1 aliphatic heterocycles. The van der Waals surface area contributed by atoms with Crippen molar-refractivity contribution in [2.75, 3.05) is 24.1 Å². The third-order valence-electron chi connectivity index (χ3n) is 1.44. The maximum Gasteiger partial charge on any atom is 0.0707 e. The number of nitrogens with one attached hydrogen (secondary N) is 1. The number of hydrogen-bond donors (Lipinski definition) is 1. The van der Waals surface area contributed by atoms with Crippen LogP contribution < -0.4 is 5.32 Å². The standard InChI is InChI=1S/C6H12INO.HI/c7-2-1-6-5-8-3-4-9-6;/h6,8H,1-5H2;1H. The number of hydrogen-bond acceptors (Lipinski definition) is 2. The van der Waals surface area contributed by atoms with Gasteiger partial charge in [-0.3, -0.25) is 0 Å². The largest absolute Gasteiger partial charge is 0.376 e. The molecule has 0 aliphatic carbocycles. The van der Waals surface area contributed by atoms with Crippen molar-refractivity contribution >= 4 is 46.6 Å². The van der Waals surface area contributed by atoms with E-state index in [-0.39, 0.29) is 24.0 Å². The summed E-state index contributed by atoms with van der Waals surface area (Å²) in [5.41, 5.74) is 0. The van der Waals surface area contributed by atoms with Gasteiger partial charge in [0.25, 0.3) is 0 Å². The molecule has 0 aromatic heterocycles. The Morgan fingerprint density at radius 1 is 1.60 bits per heavy atom. The van der Waals surface area contributed by atoms with Gasteiger partial charge < -0.3 is 10.1 Å². The summed E-state index contributed by atoms with van der Waals surface area (Å²) in [6.07, 6.45) is 1.67. The van der Waals surface area contributed by atoms with Gasteiger partial charge in [-0.05, 0) is 6.42 Å². The van der Waals surface area contributed by atoms with E-state index >= 15 is 0 Å². The molecule has 1 fully saturated rings. The SMILES string of the molecule is I.ICCC1CNCCO1. The molecular weight excluding hydrogens is 356 g/mol. The van der Waals surface area contributed by atoms with Gasteiger partial charge in [0, 0.05) is 17.5 Å². The van der Waals surface area contributed by atoms with Crippen molar-refractivity contribution in [1.29, 1.82) is 0 Å². The van der Waals surface area contributed by atoms with Gasteiger partial charge in [-0.1, -0.05) is 22.6 Å². The lowest BCUT2D eigenvalue weighted by Crippen LogP contribution is -2.38. The molecule has 0 saturated carbocycles. The number of rotatable bonds is 2. The molecule has 2 nitrogen and oxygen atoms in total. The molecule has 1 N–H and O–H groups in total. The maximum absolute atomic E-state index is 5.45. The van der Waals surface area contributed by atoms with Crippen molar-refractivity contribution in [3.8, 4) is 0 Å². The van der Waals surface area contributed by atoms with Gasteiger partial charge in [0.2, 0.25) is 0 Å². The minimum Gasteiger partial charge on any atom is -0.376 e. The predicted molar refractivity (Wildman–Crippen MR) is 61.5 cm³/mol. The smallest absolute Gasteiger partial charge is 0.0707 e. The van der Waals surface area contributed by atoms with Crippen LogP contribution in [0, 0.1) is 0 Å². The fraction of sp³-hybridized carbons (Fsp3) is 1.00. The molecule has 1 rings (SSSR count). The maximum atomic E-state index is 5.45. The summed E-state index contributed by atoms with van der Waals surface area (Å²) >= 11 is 2.38. The highest BCUT2D eigenvalue weighted by atomic mass is 127. The fourth-order valence-corrected chi connectivity index (χ4v) is 1.62. The quantitative estimate of drug-likeness (QED) is 0.588. The first-order chi connectivity index (χ1) is 4.43. The van der Waals surface area contributed by atoms with Crippen LogP contribution in [0.25, 0.3) is 0 Å². The molecule has 0 bridgehead atoms. The van der Waals surface area contributed by atoms with Crippen LogP contribution in [0.4, 0.5) is 0 Å². The molecule has 1 aliphatic rings. The summed E-state index contributed by atoms with van der Waals surface area (Å²) in [6, 6.07) is 0. The van der Waals surface area contributed by atoms with Crippen molar-refractivity contribution in [3.63, 3.8) is 0 Å². The van der Waals surface area contributed by atoms with E-state index in [1.165, 1.54) is 10.8 Å². The lowest BCUT2D eigenvalue weighted by Gasteiger charge is -2.22. The van der Waals surface area contributed by atoms with E-state index in [1.807, 2.05) is 0 Å². The van der Waals surface area contributed by atoms with E-state index in [9.17, 15) is 0 Å². The zero-order chi connectivity index (χ0) is 6.53. The second kappa shape index (κ2) is 7.05. The molecule has 1 heterocycles. The second-order valence-corrected chi connectivity index (χ2v) is 3.25. The topological polar surface area (TPSA) is 21.3 Å². The molecule has 1 unspecified atom stereocenters. The van der Waals surface area contributed by atoms with Gasteiger partial charge in [0.05, 0.1) is 12.7 Å². The monoisotopic (exact) mass is 369 g/mol. The van der Waals surface area contributed by atoms with Crippen LogP contribution in [-0.4, -0.2) is 30.2 Å². The number of alkyl halides is 1. The Kier molecular flexibility index (Phi) is 8.03. The van der Waals surface area contributed by atoms with Crippen LogP contribution in [0.1, 0.15) is 6.42 Å². The Bertz CT molecular complexity index is 73.4. The summed E-state index contributed by atoms with van der Waals surface area (Å²) in [7, 11) is 0. The van der Waals surface area contributed by atoms with Crippen molar-refractivity contribution in [1.82, 2.24) is 5.32 Å². The number of halogens is 2. The molecule has 0 spiro atoms. The first-order valence-corrected chi connectivity index (χ1v) is 4.84. The molecule has 4 heteroatoms. The number of ether oxygens (including phenoxy) is 1. The Morgan fingerprint density at radius 2 is 2.40 bits per heavy atom. The average molecular weight is 369 g/mol. The molecule has 1 atom stereocenters. The van der Waals surface area contributed by atoms with Crippen LogP contribution in [0.5, 0.6) is 0 Å². The molecule has 10 heavy (non-hydrogen) atoms. The highest BCUT2D eigenvalue weighted by Gasteiger charge is 2.10. The summed E-state index contributed by atoms with van der Waals surface area (Å²) in [5, 5.41) is 3.29. The van der Waals surface area contributed by atoms with Gasteiger partial charge in [-0.25, -0.2) is 0 Å². The van der Waals surface area contributed by atoms with E-state index in [1.54, 1.807) is 0 Å². The van der Waals surface area contributed by atoms with Crippen LogP contribution >= 0.6 is 46.6 Å². The Morgan fingerprint density at radius 3 is 2.90 bits per heavy atom. The average Bonchev–Trinajstić information content (AvgIpc) is 1.91. The van der Waals surface area contributed by atoms with E-state index in [0.29, 0.717) is 6.10 Å². The second-order valence-electron chi connectivity index (χ2n) is 2.17. The van der Waals surface area contributed by atoms with Gasteiger partial charge in [-0.2, -0.15) is 0 Å². The van der Waals surface area contributed by atoms with Gasteiger partial charge >= 0.3 is 0 Å². The molecule has 0 aromatic rings. The summed E-state index contributed by atoms with van der Waals surface area (Å²) in [5.74, 6) is 0. The van der Waals surface area contributed by atoms with Gasteiger partial charge in [0.1, 0.15) is 0 Å². The normalized spacial score (nSPS) is 25.5. The van der Waals surface area contributed by atoms with Crippen molar-refractivity contribution in [2.24, 2.45) is 0 Å². The van der Waals surface area contributed by atoms with Crippen molar-refractivity contribution in [3.05, 3.63) is 0 Å². The number of morpholine rings is 1. The Labute approximate surface area is 92.6 Å². The molecular formula is C6H13I2NO. The van der Waals surface area contributed by atoms with E-state index < -0.39 is 0 Å². The Balaban J connectivity index is 0.000000810. The minimum atomic E-state index is 0. The van der Waals surface area contributed by atoms with Gasteiger partial charge in [-0.15, -0.1) is 24.0 Å². The summed E-state index contributed by atoms with van der Waals surface area (Å²) in [6.45, 7) is 2.96. The lowest BCUT2D eigenvalue weighted by atomic mass is 10.2. The summed E-state index contributed by atoms with van der Waals surface area (Å²) in [4.78, 5) is 0. The zero-order valence-corrected chi connectivity index (χ0v) is 10.3. The third-order valence-corrected chi connectivity index (χ3v) is 2.06. The van der Waals surface area contributed by atoms with E-state index in [2.05, 4.69) is 27.9 Å². The fourth-order valence-electron chi connectivity index (χ4n) is 0.927. The highest BCUT2D eigenvalue weighted by Crippen LogP contribution is 2.02. The molecule has 1 saturated heterocycles. The van der Waals surface area contributed by atoms with Crippen LogP contribution in [-0.2, 0) is 4.74 Å². The van der Waals surface area contributed by atoms with Crippen molar-refractivity contribution < 1.29 is 4.74 Å². The van der Waals surface area contributed by atoms with Crippen LogP contribution in [0.3, 0.4) is 0 Å². The van der Waals surface area contributed by atoms with Crippen LogP contribution in [0.2, 0.25) is 0 Å². The molecule has 0 amide bonds. The molecule has 0 aromatic carbocycles. The lowest BCUT2D eigenvalue weighted by molar-refractivity contribution is 0.0278.